The average molecular weight is 688 g/mol. The van der Waals surface area contributed by atoms with Gasteiger partial charge in [-0.3, -0.25) is 9.36 Å². The van der Waals surface area contributed by atoms with Crippen molar-refractivity contribution in [2.75, 3.05) is 12.9 Å². The number of esters is 1. The van der Waals surface area contributed by atoms with Gasteiger partial charge in [0, 0.05) is 26.1 Å². The predicted octanol–water partition coefficient (Wildman–Crippen LogP) is 7.54. The van der Waals surface area contributed by atoms with Crippen LogP contribution in [0.5, 0.6) is 5.75 Å². The molecule has 1 atom stereocenters. The fourth-order valence-electron chi connectivity index (χ4n) is 5.19. The van der Waals surface area contributed by atoms with Gasteiger partial charge in [-0.25, -0.2) is 9.79 Å². The van der Waals surface area contributed by atoms with E-state index in [-0.39, 0.29) is 12.2 Å². The first-order valence-electron chi connectivity index (χ1n) is 14.5. The van der Waals surface area contributed by atoms with Gasteiger partial charge in [0.05, 0.1) is 28.5 Å². The number of aromatic nitrogens is 1. The molecule has 0 radical (unpaired) electrons. The third kappa shape index (κ3) is 6.71. The van der Waals surface area contributed by atoms with Crippen LogP contribution in [0.4, 0.5) is 0 Å². The lowest BCUT2D eigenvalue weighted by Crippen LogP contribution is -2.40. The SMILES string of the molecule is CCOC(=O)C1=C(c2ccccc2)N=c2s/c(=C\c3cc(Cl)ccc3OCc3ccc(Cl)cc3)c(=O)n2[C@H]1c1ccc(SC)cc1. The maximum absolute atomic E-state index is 14.3. The molecule has 0 amide bonds. The Morgan fingerprint density at radius 3 is 2.39 bits per heavy atom. The Kier molecular flexibility index (Phi) is 9.80. The van der Waals surface area contributed by atoms with Gasteiger partial charge in [-0.2, -0.15) is 0 Å². The zero-order valence-corrected chi connectivity index (χ0v) is 28.1. The molecule has 0 aliphatic carbocycles. The van der Waals surface area contributed by atoms with Crippen LogP contribution in [0.3, 0.4) is 0 Å². The molecule has 6 rings (SSSR count). The Bertz CT molecular complexity index is 2110. The number of hydrogen-bond acceptors (Lipinski definition) is 7. The van der Waals surface area contributed by atoms with Gasteiger partial charge in [0.25, 0.3) is 5.56 Å². The van der Waals surface area contributed by atoms with E-state index in [1.165, 1.54) is 11.3 Å². The second-order valence-electron chi connectivity index (χ2n) is 10.3. The lowest BCUT2D eigenvalue weighted by atomic mass is 9.93. The number of nitrogens with zero attached hydrogens (tertiary/aromatic N) is 2. The summed E-state index contributed by atoms with van der Waals surface area (Å²) in [6.07, 6.45) is 3.76. The van der Waals surface area contributed by atoms with Crippen LogP contribution >= 0.6 is 46.3 Å². The molecule has 10 heteroatoms. The van der Waals surface area contributed by atoms with Crippen LogP contribution in [0.1, 0.15) is 35.2 Å². The molecule has 232 valence electrons. The third-order valence-corrected chi connectivity index (χ3v) is 9.58. The summed E-state index contributed by atoms with van der Waals surface area (Å²) in [6.45, 7) is 2.24. The van der Waals surface area contributed by atoms with Gasteiger partial charge in [0.15, 0.2) is 4.80 Å². The first kappa shape index (κ1) is 31.9. The van der Waals surface area contributed by atoms with Gasteiger partial charge in [-0.15, -0.1) is 11.8 Å². The summed E-state index contributed by atoms with van der Waals surface area (Å²) in [4.78, 5) is 34.5. The fraction of sp³-hybridized carbons (Fsp3) is 0.139. The van der Waals surface area contributed by atoms with Crippen molar-refractivity contribution in [1.82, 2.24) is 4.57 Å². The minimum Gasteiger partial charge on any atom is -0.488 e. The van der Waals surface area contributed by atoms with Crippen molar-refractivity contribution in [2.45, 2.75) is 24.5 Å². The number of carbonyl (C=O) groups excluding carboxylic acids is 1. The van der Waals surface area contributed by atoms with E-state index in [9.17, 15) is 9.59 Å². The Morgan fingerprint density at radius 2 is 1.70 bits per heavy atom. The highest BCUT2D eigenvalue weighted by Crippen LogP contribution is 2.36. The molecule has 1 aliphatic heterocycles. The minimum atomic E-state index is -0.761. The molecule has 0 saturated heterocycles. The highest BCUT2D eigenvalue weighted by molar-refractivity contribution is 7.98. The zero-order valence-electron chi connectivity index (χ0n) is 24.9. The highest BCUT2D eigenvalue weighted by Gasteiger charge is 2.35. The quantitative estimate of drug-likeness (QED) is 0.118. The number of thioether (sulfide) groups is 1. The smallest absolute Gasteiger partial charge is 0.338 e. The van der Waals surface area contributed by atoms with Crippen LogP contribution in [0.25, 0.3) is 11.8 Å². The van der Waals surface area contributed by atoms with E-state index in [0.29, 0.717) is 48.6 Å². The summed E-state index contributed by atoms with van der Waals surface area (Å²) in [7, 11) is 0. The largest absolute Gasteiger partial charge is 0.488 e. The van der Waals surface area contributed by atoms with Gasteiger partial charge in [-0.05, 0) is 72.8 Å². The van der Waals surface area contributed by atoms with Crippen molar-refractivity contribution in [2.24, 2.45) is 4.99 Å². The maximum atomic E-state index is 14.3. The molecule has 0 fully saturated rings. The molecular formula is C36H28Cl2N2O4S2. The predicted molar refractivity (Wildman–Crippen MR) is 187 cm³/mol. The van der Waals surface area contributed by atoms with E-state index in [1.54, 1.807) is 47.5 Å². The Hall–Kier alpha value is -4.08. The first-order chi connectivity index (χ1) is 22.4. The van der Waals surface area contributed by atoms with Crippen molar-refractivity contribution >= 4 is 64.0 Å². The van der Waals surface area contributed by atoms with Gasteiger partial charge < -0.3 is 9.47 Å². The standard InChI is InChI=1S/C36H28Cl2N2O4S2/c1-3-43-35(42)31-32(23-7-5-4-6-8-23)39-36-40(33(31)24-11-16-28(45-2)17-12-24)34(41)30(46-36)20-25-19-27(38)15-18-29(25)44-21-22-9-13-26(37)14-10-22/h4-20,33H,3,21H2,1-2H3/b30-20-/t33-/m0/s1. The summed E-state index contributed by atoms with van der Waals surface area (Å²) in [5, 5.41) is 1.15. The number of ether oxygens (including phenoxy) is 2. The normalized spacial score (nSPS) is 14.5. The fourth-order valence-corrected chi connectivity index (χ4v) is 6.90. The maximum Gasteiger partial charge on any atom is 0.338 e. The van der Waals surface area contributed by atoms with E-state index in [2.05, 4.69) is 0 Å². The molecule has 46 heavy (non-hydrogen) atoms. The number of rotatable bonds is 9. The van der Waals surface area contributed by atoms with Crippen LogP contribution < -0.4 is 19.6 Å². The molecular weight excluding hydrogens is 659 g/mol. The number of halogens is 2. The number of carbonyl (C=O) groups is 1. The topological polar surface area (TPSA) is 69.9 Å². The number of thiazole rings is 1. The lowest BCUT2D eigenvalue weighted by molar-refractivity contribution is -0.138. The lowest BCUT2D eigenvalue weighted by Gasteiger charge is -2.26. The molecule has 0 N–H and O–H groups in total. The molecule has 0 unspecified atom stereocenters. The van der Waals surface area contributed by atoms with E-state index < -0.39 is 12.0 Å². The van der Waals surface area contributed by atoms with Gasteiger partial charge in [0.1, 0.15) is 12.4 Å². The Morgan fingerprint density at radius 1 is 0.978 bits per heavy atom. The zero-order chi connectivity index (χ0) is 32.2. The van der Waals surface area contributed by atoms with E-state index in [4.69, 9.17) is 37.7 Å². The van der Waals surface area contributed by atoms with Crippen molar-refractivity contribution in [3.05, 3.63) is 155 Å². The van der Waals surface area contributed by atoms with E-state index in [1.807, 2.05) is 85.1 Å². The summed E-state index contributed by atoms with van der Waals surface area (Å²) in [6, 6.07) is 29.3. The van der Waals surface area contributed by atoms with E-state index >= 15 is 0 Å². The van der Waals surface area contributed by atoms with Crippen LogP contribution in [0.15, 0.2) is 117 Å². The van der Waals surface area contributed by atoms with Crippen LogP contribution in [-0.4, -0.2) is 23.4 Å². The molecule has 6 nitrogen and oxygen atoms in total. The third-order valence-electron chi connectivity index (χ3n) is 7.37. The van der Waals surface area contributed by atoms with Gasteiger partial charge in [-0.1, -0.05) is 89.1 Å². The second kappa shape index (κ2) is 14.1. The Labute approximate surface area is 284 Å². The van der Waals surface area contributed by atoms with Crippen molar-refractivity contribution in [3.8, 4) is 5.75 Å². The van der Waals surface area contributed by atoms with Crippen molar-refractivity contribution < 1.29 is 14.3 Å². The summed E-state index contributed by atoms with van der Waals surface area (Å²) in [5.41, 5.74) is 3.59. The molecule has 0 bridgehead atoms. The highest BCUT2D eigenvalue weighted by atomic mass is 35.5. The Balaban J connectivity index is 1.53. The molecule has 1 aliphatic rings. The van der Waals surface area contributed by atoms with E-state index in [0.717, 1.165) is 21.6 Å². The molecule has 4 aromatic carbocycles. The molecule has 0 saturated carbocycles. The molecule has 1 aromatic heterocycles. The minimum absolute atomic E-state index is 0.181. The summed E-state index contributed by atoms with van der Waals surface area (Å²) >= 11 is 15.3. The molecule has 2 heterocycles. The van der Waals surface area contributed by atoms with Crippen molar-refractivity contribution in [3.63, 3.8) is 0 Å². The second-order valence-corrected chi connectivity index (χ2v) is 13.1. The molecule has 5 aromatic rings. The monoisotopic (exact) mass is 686 g/mol. The summed E-state index contributed by atoms with van der Waals surface area (Å²) in [5.74, 6) is 0.0395. The average Bonchev–Trinajstić information content (AvgIpc) is 3.39. The van der Waals surface area contributed by atoms with Gasteiger partial charge in [0.2, 0.25) is 0 Å². The number of hydrogen-bond donors (Lipinski definition) is 0. The van der Waals surface area contributed by atoms with Crippen LogP contribution in [0, 0.1) is 0 Å². The van der Waals surface area contributed by atoms with Crippen LogP contribution in [-0.2, 0) is 16.1 Å². The van der Waals surface area contributed by atoms with Crippen LogP contribution in [0.2, 0.25) is 10.0 Å². The first-order valence-corrected chi connectivity index (χ1v) is 17.2. The number of benzene rings is 4. The van der Waals surface area contributed by atoms with Crippen molar-refractivity contribution in [1.29, 1.82) is 0 Å². The summed E-state index contributed by atoms with van der Waals surface area (Å²) < 4.78 is 13.7. The molecule has 0 spiro atoms. The van der Waals surface area contributed by atoms with Gasteiger partial charge >= 0.3 is 5.97 Å². The number of fused-ring (bicyclic) bond motifs is 1.